The smallest absolute Gasteiger partial charge is 0.136 e. The Kier molecular flexibility index (Phi) is 9.17. The molecule has 0 aliphatic rings. The zero-order chi connectivity index (χ0) is 44.3. The molecule has 314 valence electrons. The van der Waals surface area contributed by atoms with E-state index in [1.807, 2.05) is 12.1 Å². The molecule has 3 nitrogen and oxygen atoms in total. The molecule has 2 aromatic heterocycles. The van der Waals surface area contributed by atoms with Crippen molar-refractivity contribution in [3.8, 4) is 50.2 Å². The van der Waals surface area contributed by atoms with Crippen LogP contribution in [0.3, 0.4) is 0 Å². The summed E-state index contributed by atoms with van der Waals surface area (Å²) < 4.78 is 8.80. The van der Waals surface area contributed by atoms with Crippen LogP contribution in [0.1, 0.15) is 0 Å². The Morgan fingerprint density at radius 3 is 1.54 bits per heavy atom. The predicted octanol–water partition coefficient (Wildman–Crippen LogP) is 18.0. The molecular formula is C64H42N2O. The Morgan fingerprint density at radius 2 is 0.806 bits per heavy atom. The number of furan rings is 1. The average Bonchev–Trinajstić information content (AvgIpc) is 3.95. The van der Waals surface area contributed by atoms with Crippen molar-refractivity contribution in [3.63, 3.8) is 0 Å². The fraction of sp³-hybridized carbons (Fsp3) is 0. The molecule has 3 heteroatoms. The van der Waals surface area contributed by atoms with Crippen molar-refractivity contribution in [2.45, 2.75) is 0 Å². The molecule has 11 aromatic carbocycles. The molecule has 0 spiro atoms. The standard InChI is InChI=1S/C64H42N2O/c1-2-19-51-45(15-1)16-14-25-53(51)54-21-4-9-27-60(54)65(59-26-8-3-20-52(59)48-35-40-58-57-24-7-12-30-63(57)67-64(58)42-48)49-36-31-43(32-37-49)46-17-13-18-47(41-46)44-33-38-50(39-34-44)66-61-28-10-5-22-55(61)56-23-6-11-29-62(56)66/h1-42H. The van der Waals surface area contributed by atoms with Gasteiger partial charge in [0.1, 0.15) is 11.2 Å². The van der Waals surface area contributed by atoms with Crippen LogP contribution in [0.5, 0.6) is 0 Å². The fourth-order valence-electron chi connectivity index (χ4n) is 10.3. The predicted molar refractivity (Wildman–Crippen MR) is 282 cm³/mol. The molecule has 0 fully saturated rings. The van der Waals surface area contributed by atoms with Crippen LogP contribution in [0.15, 0.2) is 259 Å². The fourth-order valence-corrected chi connectivity index (χ4v) is 10.3. The first-order valence-electron chi connectivity index (χ1n) is 22.9. The van der Waals surface area contributed by atoms with Gasteiger partial charge in [0, 0.05) is 44.0 Å². The van der Waals surface area contributed by atoms with Crippen molar-refractivity contribution in [1.29, 1.82) is 0 Å². The van der Waals surface area contributed by atoms with E-state index in [1.165, 1.54) is 49.3 Å². The summed E-state index contributed by atoms with van der Waals surface area (Å²) in [5, 5.41) is 7.21. The molecule has 13 aromatic rings. The molecule has 13 rings (SSSR count). The van der Waals surface area contributed by atoms with Gasteiger partial charge in [0.2, 0.25) is 0 Å². The molecule has 0 radical (unpaired) electrons. The maximum absolute atomic E-state index is 6.43. The number of hydrogen-bond donors (Lipinski definition) is 0. The van der Waals surface area contributed by atoms with Gasteiger partial charge < -0.3 is 13.9 Å². The van der Waals surface area contributed by atoms with Crippen molar-refractivity contribution < 1.29 is 4.42 Å². The summed E-state index contributed by atoms with van der Waals surface area (Å²) in [5.41, 5.74) is 17.8. The molecule has 0 atom stereocenters. The Bertz CT molecular complexity index is 3930. The highest BCUT2D eigenvalue weighted by Crippen LogP contribution is 2.47. The van der Waals surface area contributed by atoms with Gasteiger partial charge in [0.15, 0.2) is 0 Å². The van der Waals surface area contributed by atoms with Gasteiger partial charge in [0.05, 0.1) is 22.4 Å². The lowest BCUT2D eigenvalue weighted by Gasteiger charge is -2.30. The van der Waals surface area contributed by atoms with Gasteiger partial charge in [-0.1, -0.05) is 182 Å². The van der Waals surface area contributed by atoms with E-state index in [0.29, 0.717) is 0 Å². The van der Waals surface area contributed by atoms with Crippen molar-refractivity contribution in [2.75, 3.05) is 4.90 Å². The van der Waals surface area contributed by atoms with Gasteiger partial charge in [0.25, 0.3) is 0 Å². The molecule has 0 saturated carbocycles. The van der Waals surface area contributed by atoms with E-state index < -0.39 is 0 Å². The van der Waals surface area contributed by atoms with E-state index in [-0.39, 0.29) is 0 Å². The van der Waals surface area contributed by atoms with Crippen molar-refractivity contribution in [2.24, 2.45) is 0 Å². The normalized spacial score (nSPS) is 11.6. The molecule has 2 heterocycles. The van der Waals surface area contributed by atoms with Crippen LogP contribution in [0, 0.1) is 0 Å². The van der Waals surface area contributed by atoms with E-state index in [0.717, 1.165) is 72.5 Å². The summed E-state index contributed by atoms with van der Waals surface area (Å²) in [6.45, 7) is 0. The first-order chi connectivity index (χ1) is 33.2. The van der Waals surface area contributed by atoms with Crippen LogP contribution in [0.2, 0.25) is 0 Å². The van der Waals surface area contributed by atoms with E-state index >= 15 is 0 Å². The molecule has 0 unspecified atom stereocenters. The number of nitrogens with zero attached hydrogens (tertiary/aromatic N) is 2. The first kappa shape index (κ1) is 38.5. The Hall–Kier alpha value is -8.92. The highest BCUT2D eigenvalue weighted by molar-refractivity contribution is 6.10. The zero-order valence-electron chi connectivity index (χ0n) is 36.6. The number of anilines is 3. The Labute approximate surface area is 388 Å². The first-order valence-corrected chi connectivity index (χ1v) is 22.9. The van der Waals surface area contributed by atoms with Gasteiger partial charge >= 0.3 is 0 Å². The van der Waals surface area contributed by atoms with Crippen LogP contribution in [-0.2, 0) is 0 Å². The molecule has 67 heavy (non-hydrogen) atoms. The third kappa shape index (κ3) is 6.59. The van der Waals surface area contributed by atoms with Crippen molar-refractivity contribution >= 4 is 71.6 Å². The zero-order valence-corrected chi connectivity index (χ0v) is 36.6. The number of rotatable bonds is 8. The Morgan fingerprint density at radius 1 is 0.299 bits per heavy atom. The summed E-state index contributed by atoms with van der Waals surface area (Å²) in [7, 11) is 0. The SMILES string of the molecule is c1cc(-c2ccc(N(c3ccccc3-c3ccc4c(c3)oc3ccccc34)c3ccccc3-c3cccc4ccccc34)cc2)cc(-c2ccc(-n3c4ccccc4c4ccccc43)cc2)c1. The second-order valence-corrected chi connectivity index (χ2v) is 17.2. The lowest BCUT2D eigenvalue weighted by Crippen LogP contribution is -2.12. The van der Waals surface area contributed by atoms with Crippen LogP contribution in [0.25, 0.3) is 105 Å². The Balaban J connectivity index is 0.902. The van der Waals surface area contributed by atoms with Crippen molar-refractivity contribution in [1.82, 2.24) is 4.57 Å². The maximum Gasteiger partial charge on any atom is 0.136 e. The lowest BCUT2D eigenvalue weighted by atomic mass is 9.95. The summed E-state index contributed by atoms with van der Waals surface area (Å²) >= 11 is 0. The van der Waals surface area contributed by atoms with Gasteiger partial charge in [-0.3, -0.25) is 0 Å². The number of hydrogen-bond acceptors (Lipinski definition) is 2. The van der Waals surface area contributed by atoms with Gasteiger partial charge in [-0.25, -0.2) is 0 Å². The molecule has 0 saturated heterocycles. The minimum Gasteiger partial charge on any atom is -0.456 e. The topological polar surface area (TPSA) is 21.3 Å². The maximum atomic E-state index is 6.43. The van der Waals surface area contributed by atoms with Crippen LogP contribution in [-0.4, -0.2) is 4.57 Å². The van der Waals surface area contributed by atoms with E-state index in [1.54, 1.807) is 0 Å². The third-order valence-electron chi connectivity index (χ3n) is 13.4. The summed E-state index contributed by atoms with van der Waals surface area (Å²) in [6.07, 6.45) is 0. The number of aromatic nitrogens is 1. The minimum absolute atomic E-state index is 0.877. The van der Waals surface area contributed by atoms with E-state index in [2.05, 4.69) is 252 Å². The van der Waals surface area contributed by atoms with E-state index in [4.69, 9.17) is 4.42 Å². The summed E-state index contributed by atoms with van der Waals surface area (Å²) in [5.74, 6) is 0. The largest absolute Gasteiger partial charge is 0.456 e. The second-order valence-electron chi connectivity index (χ2n) is 17.2. The average molecular weight is 855 g/mol. The van der Waals surface area contributed by atoms with Gasteiger partial charge in [-0.15, -0.1) is 0 Å². The van der Waals surface area contributed by atoms with Gasteiger partial charge in [-0.05, 0) is 117 Å². The molecule has 0 aliphatic carbocycles. The van der Waals surface area contributed by atoms with Gasteiger partial charge in [-0.2, -0.15) is 0 Å². The quantitative estimate of drug-likeness (QED) is 0.152. The van der Waals surface area contributed by atoms with Crippen LogP contribution < -0.4 is 4.90 Å². The molecule has 0 N–H and O–H groups in total. The highest BCUT2D eigenvalue weighted by Gasteiger charge is 2.22. The van der Waals surface area contributed by atoms with Crippen LogP contribution >= 0.6 is 0 Å². The molecule has 0 bridgehead atoms. The molecular weight excluding hydrogens is 813 g/mol. The second kappa shape index (κ2) is 16.0. The summed E-state index contributed by atoms with van der Waals surface area (Å²) in [4.78, 5) is 2.42. The number of fused-ring (bicyclic) bond motifs is 7. The number of para-hydroxylation sites is 5. The third-order valence-corrected chi connectivity index (χ3v) is 13.4. The highest BCUT2D eigenvalue weighted by atomic mass is 16.3. The monoisotopic (exact) mass is 854 g/mol. The van der Waals surface area contributed by atoms with Crippen molar-refractivity contribution in [3.05, 3.63) is 255 Å². The minimum atomic E-state index is 0.877. The van der Waals surface area contributed by atoms with Crippen LogP contribution in [0.4, 0.5) is 17.1 Å². The summed E-state index contributed by atoms with van der Waals surface area (Å²) in [6, 6.07) is 91.9. The molecule has 0 amide bonds. The molecule has 0 aliphatic heterocycles. The van der Waals surface area contributed by atoms with E-state index in [9.17, 15) is 0 Å². The lowest BCUT2D eigenvalue weighted by molar-refractivity contribution is 0.669. The number of benzene rings is 11.